The molecule has 1 heterocycles. The highest BCUT2D eigenvalue weighted by Gasteiger charge is 2.45. The van der Waals surface area contributed by atoms with Crippen LogP contribution in [-0.2, 0) is 0 Å². The van der Waals surface area contributed by atoms with Gasteiger partial charge in [-0.3, -0.25) is 0 Å². The van der Waals surface area contributed by atoms with Gasteiger partial charge in [0, 0.05) is 12.5 Å². The molecule has 0 aromatic heterocycles. The summed E-state index contributed by atoms with van der Waals surface area (Å²) in [5.74, 6) is 2.52. The number of rotatable bonds is 1. The first-order valence-electron chi connectivity index (χ1n) is 7.97. The van der Waals surface area contributed by atoms with Gasteiger partial charge < -0.3 is 5.32 Å². The van der Waals surface area contributed by atoms with Crippen molar-refractivity contribution < 1.29 is 0 Å². The summed E-state index contributed by atoms with van der Waals surface area (Å²) in [6.07, 6.45) is 5.64. The van der Waals surface area contributed by atoms with E-state index < -0.39 is 0 Å². The summed E-state index contributed by atoms with van der Waals surface area (Å²) in [4.78, 5) is 0. The predicted octanol–water partition coefficient (Wildman–Crippen LogP) is 4.21. The Kier molecular flexibility index (Phi) is 3.66. The summed E-state index contributed by atoms with van der Waals surface area (Å²) < 4.78 is 0. The second-order valence-corrected chi connectivity index (χ2v) is 6.98. The second kappa shape index (κ2) is 5.28. The van der Waals surface area contributed by atoms with Crippen LogP contribution in [0.4, 0.5) is 0 Å². The summed E-state index contributed by atoms with van der Waals surface area (Å²) in [5.41, 5.74) is 2.12. The van der Waals surface area contributed by atoms with Gasteiger partial charge in [0.1, 0.15) is 0 Å². The average molecular weight is 257 g/mol. The molecule has 104 valence electrons. The summed E-state index contributed by atoms with van der Waals surface area (Å²) in [5, 5.41) is 3.63. The van der Waals surface area contributed by atoms with Crippen LogP contribution in [0.3, 0.4) is 0 Å². The lowest BCUT2D eigenvalue weighted by Crippen LogP contribution is -2.47. The van der Waals surface area contributed by atoms with Crippen molar-refractivity contribution in [1.82, 2.24) is 5.32 Å². The molecule has 0 amide bonds. The topological polar surface area (TPSA) is 12.0 Å². The summed E-state index contributed by atoms with van der Waals surface area (Å²) in [6.45, 7) is 7.29. The van der Waals surface area contributed by atoms with Crippen LogP contribution >= 0.6 is 0 Å². The molecule has 1 saturated heterocycles. The highest BCUT2D eigenvalue weighted by Crippen LogP contribution is 2.53. The predicted molar refractivity (Wildman–Crippen MR) is 81.3 cm³/mol. The van der Waals surface area contributed by atoms with Gasteiger partial charge in [-0.05, 0) is 55.0 Å². The van der Waals surface area contributed by atoms with Crippen molar-refractivity contribution in [2.75, 3.05) is 13.1 Å². The normalized spacial score (nSPS) is 39.4. The molecule has 0 bridgehead atoms. The van der Waals surface area contributed by atoms with Crippen molar-refractivity contribution in [3.05, 3.63) is 35.9 Å². The van der Waals surface area contributed by atoms with E-state index in [2.05, 4.69) is 49.5 Å². The van der Waals surface area contributed by atoms with Gasteiger partial charge in [0.2, 0.25) is 0 Å². The first-order chi connectivity index (χ1) is 9.21. The molecule has 4 unspecified atom stereocenters. The van der Waals surface area contributed by atoms with Crippen LogP contribution < -0.4 is 5.32 Å². The van der Waals surface area contributed by atoms with Crippen LogP contribution in [0.2, 0.25) is 0 Å². The average Bonchev–Trinajstić information content (AvgIpc) is 2.45. The zero-order valence-corrected chi connectivity index (χ0v) is 12.4. The number of benzene rings is 1. The van der Waals surface area contributed by atoms with Crippen LogP contribution in [0, 0.1) is 17.3 Å². The molecule has 2 fully saturated rings. The van der Waals surface area contributed by atoms with E-state index in [4.69, 9.17) is 0 Å². The maximum atomic E-state index is 3.63. The molecule has 0 radical (unpaired) electrons. The van der Waals surface area contributed by atoms with Crippen molar-refractivity contribution in [2.45, 2.75) is 45.4 Å². The van der Waals surface area contributed by atoms with Crippen molar-refractivity contribution >= 4 is 0 Å². The van der Waals surface area contributed by atoms with Gasteiger partial charge in [-0.15, -0.1) is 0 Å². The van der Waals surface area contributed by atoms with Crippen LogP contribution in [0.5, 0.6) is 0 Å². The number of piperidine rings is 1. The van der Waals surface area contributed by atoms with Gasteiger partial charge in [0.05, 0.1) is 0 Å². The van der Waals surface area contributed by atoms with E-state index in [1.54, 1.807) is 5.56 Å². The fourth-order valence-corrected chi connectivity index (χ4v) is 4.42. The fourth-order valence-electron chi connectivity index (χ4n) is 4.42. The van der Waals surface area contributed by atoms with E-state index in [0.717, 1.165) is 17.8 Å². The second-order valence-electron chi connectivity index (χ2n) is 6.98. The third-order valence-electron chi connectivity index (χ3n) is 5.89. The Labute approximate surface area is 117 Å². The maximum absolute atomic E-state index is 3.63. The molecule has 1 spiro atoms. The molecule has 1 aromatic rings. The lowest BCUT2D eigenvalue weighted by atomic mass is 9.56. The van der Waals surface area contributed by atoms with Gasteiger partial charge in [-0.2, -0.15) is 0 Å². The van der Waals surface area contributed by atoms with Crippen LogP contribution in [0.1, 0.15) is 51.0 Å². The first-order valence-corrected chi connectivity index (χ1v) is 7.97. The van der Waals surface area contributed by atoms with Crippen molar-refractivity contribution in [2.24, 2.45) is 17.3 Å². The van der Waals surface area contributed by atoms with Crippen LogP contribution in [0.25, 0.3) is 0 Å². The fraction of sp³-hybridized carbons (Fsp3) is 0.667. The molecule has 1 saturated carbocycles. The molecule has 1 N–H and O–H groups in total. The summed E-state index contributed by atoms with van der Waals surface area (Å²) in [6, 6.07) is 11.2. The molecular formula is C18H27N. The lowest BCUT2D eigenvalue weighted by Gasteiger charge is -2.50. The SMILES string of the molecule is CC1CCC2(CCNCC2c2ccccc2)CC1C. The maximum Gasteiger partial charge on any atom is 0.00255 e. The molecular weight excluding hydrogens is 230 g/mol. The molecule has 1 aliphatic carbocycles. The third kappa shape index (κ3) is 2.45. The van der Waals surface area contributed by atoms with Gasteiger partial charge in [-0.25, -0.2) is 0 Å². The monoisotopic (exact) mass is 257 g/mol. The summed E-state index contributed by atoms with van der Waals surface area (Å²) in [7, 11) is 0. The molecule has 1 heteroatoms. The van der Waals surface area contributed by atoms with Crippen molar-refractivity contribution in [1.29, 1.82) is 0 Å². The Bertz CT molecular complexity index is 413. The number of hydrogen-bond acceptors (Lipinski definition) is 1. The third-order valence-corrected chi connectivity index (χ3v) is 5.89. The smallest absolute Gasteiger partial charge is 0.00255 e. The van der Waals surface area contributed by atoms with E-state index in [0.29, 0.717) is 5.41 Å². The largest absolute Gasteiger partial charge is 0.316 e. The van der Waals surface area contributed by atoms with Gasteiger partial charge in [-0.1, -0.05) is 44.2 Å². The number of hydrogen-bond donors (Lipinski definition) is 1. The van der Waals surface area contributed by atoms with Gasteiger partial charge in [0.25, 0.3) is 0 Å². The van der Waals surface area contributed by atoms with E-state index in [1.165, 1.54) is 38.8 Å². The van der Waals surface area contributed by atoms with Crippen LogP contribution in [-0.4, -0.2) is 13.1 Å². The molecule has 3 rings (SSSR count). The minimum Gasteiger partial charge on any atom is -0.316 e. The van der Waals surface area contributed by atoms with Crippen molar-refractivity contribution in [3.63, 3.8) is 0 Å². The zero-order chi connectivity index (χ0) is 13.3. The Hall–Kier alpha value is -0.820. The van der Waals surface area contributed by atoms with Gasteiger partial charge >= 0.3 is 0 Å². The van der Waals surface area contributed by atoms with Crippen molar-refractivity contribution in [3.8, 4) is 0 Å². The molecule has 1 aromatic carbocycles. The number of nitrogens with one attached hydrogen (secondary N) is 1. The molecule has 2 aliphatic rings. The minimum absolute atomic E-state index is 0.568. The minimum atomic E-state index is 0.568. The zero-order valence-electron chi connectivity index (χ0n) is 12.4. The van der Waals surface area contributed by atoms with Gasteiger partial charge in [0.15, 0.2) is 0 Å². The Morgan fingerprint density at radius 1 is 1.05 bits per heavy atom. The lowest BCUT2D eigenvalue weighted by molar-refractivity contribution is 0.0488. The highest BCUT2D eigenvalue weighted by molar-refractivity contribution is 5.24. The molecule has 1 aliphatic heterocycles. The summed E-state index contributed by atoms with van der Waals surface area (Å²) >= 11 is 0. The molecule has 1 nitrogen and oxygen atoms in total. The highest BCUT2D eigenvalue weighted by atomic mass is 14.9. The molecule has 4 atom stereocenters. The quantitative estimate of drug-likeness (QED) is 0.795. The van der Waals surface area contributed by atoms with E-state index in [1.807, 2.05) is 0 Å². The molecule has 19 heavy (non-hydrogen) atoms. The Morgan fingerprint density at radius 3 is 2.58 bits per heavy atom. The van der Waals surface area contributed by atoms with E-state index >= 15 is 0 Å². The Balaban J connectivity index is 1.89. The van der Waals surface area contributed by atoms with E-state index in [9.17, 15) is 0 Å². The van der Waals surface area contributed by atoms with Crippen LogP contribution in [0.15, 0.2) is 30.3 Å². The standard InChI is InChI=1S/C18H27N/c1-14-8-9-18(12-15(14)2)10-11-19-13-17(18)16-6-4-3-5-7-16/h3-7,14-15,17,19H,8-13H2,1-2H3. The Morgan fingerprint density at radius 2 is 1.84 bits per heavy atom. The first kappa shape index (κ1) is 13.2. The van der Waals surface area contributed by atoms with E-state index in [-0.39, 0.29) is 0 Å².